The maximum absolute atomic E-state index is 11.6. The van der Waals surface area contributed by atoms with Crippen LogP contribution < -0.4 is 15.4 Å². The first kappa shape index (κ1) is 14.9. The van der Waals surface area contributed by atoms with Crippen molar-refractivity contribution < 1.29 is 9.53 Å². The van der Waals surface area contributed by atoms with E-state index in [0.29, 0.717) is 6.04 Å². The van der Waals surface area contributed by atoms with Crippen LogP contribution in [0, 0.1) is 0 Å². The quantitative estimate of drug-likeness (QED) is 0.866. The minimum atomic E-state index is -0.467. The van der Waals surface area contributed by atoms with Crippen molar-refractivity contribution in [2.75, 3.05) is 13.6 Å². The molecule has 0 aromatic heterocycles. The Labute approximate surface area is 120 Å². The van der Waals surface area contributed by atoms with E-state index >= 15 is 0 Å². The van der Waals surface area contributed by atoms with Crippen LogP contribution in [0.4, 0.5) is 0 Å². The third kappa shape index (κ3) is 3.12. The second-order valence-electron chi connectivity index (χ2n) is 5.20. The zero-order valence-electron chi connectivity index (χ0n) is 12.5. The van der Waals surface area contributed by atoms with E-state index < -0.39 is 6.10 Å². The van der Waals surface area contributed by atoms with Crippen LogP contribution in [0.3, 0.4) is 0 Å². The van der Waals surface area contributed by atoms with E-state index in [1.807, 2.05) is 12.1 Å². The fraction of sp³-hybridized carbons (Fsp3) is 0.562. The number of amides is 1. The van der Waals surface area contributed by atoms with Gasteiger partial charge in [-0.05, 0) is 49.9 Å². The lowest BCUT2D eigenvalue weighted by Gasteiger charge is -2.28. The molecule has 110 valence electrons. The number of hydrogen-bond donors (Lipinski definition) is 2. The van der Waals surface area contributed by atoms with Gasteiger partial charge in [0.05, 0.1) is 0 Å². The number of likely N-dealkylation sites (N-methyl/N-ethyl adjacent to an activating group) is 1. The first-order chi connectivity index (χ1) is 9.67. The minimum absolute atomic E-state index is 0.0957. The van der Waals surface area contributed by atoms with Crippen molar-refractivity contribution in [1.82, 2.24) is 10.6 Å². The Kier molecular flexibility index (Phi) is 5.01. The second kappa shape index (κ2) is 6.75. The van der Waals surface area contributed by atoms with Gasteiger partial charge in [-0.2, -0.15) is 0 Å². The molecule has 4 heteroatoms. The summed E-state index contributed by atoms with van der Waals surface area (Å²) in [5.41, 5.74) is 2.57. The Morgan fingerprint density at radius 2 is 2.30 bits per heavy atom. The van der Waals surface area contributed by atoms with Crippen molar-refractivity contribution in [3.8, 4) is 5.75 Å². The van der Waals surface area contributed by atoms with E-state index in [9.17, 15) is 4.79 Å². The van der Waals surface area contributed by atoms with Crippen LogP contribution in [0.1, 0.15) is 43.9 Å². The van der Waals surface area contributed by atoms with Gasteiger partial charge < -0.3 is 15.4 Å². The van der Waals surface area contributed by atoms with Crippen LogP contribution in [0.15, 0.2) is 18.2 Å². The molecular weight excluding hydrogens is 252 g/mol. The van der Waals surface area contributed by atoms with Crippen molar-refractivity contribution >= 4 is 5.91 Å². The van der Waals surface area contributed by atoms with Crippen LogP contribution in [0.2, 0.25) is 0 Å². The van der Waals surface area contributed by atoms with Gasteiger partial charge in [-0.1, -0.05) is 19.1 Å². The highest BCUT2D eigenvalue weighted by Gasteiger charge is 2.23. The highest BCUT2D eigenvalue weighted by atomic mass is 16.5. The van der Waals surface area contributed by atoms with Crippen molar-refractivity contribution in [2.45, 2.75) is 45.3 Å². The van der Waals surface area contributed by atoms with Crippen LogP contribution >= 0.6 is 0 Å². The molecule has 1 aromatic carbocycles. The highest BCUT2D eigenvalue weighted by Crippen LogP contribution is 2.35. The van der Waals surface area contributed by atoms with Gasteiger partial charge in [0.2, 0.25) is 0 Å². The number of rotatable bonds is 5. The van der Waals surface area contributed by atoms with E-state index in [0.717, 1.165) is 31.6 Å². The highest BCUT2D eigenvalue weighted by molar-refractivity contribution is 5.80. The number of ether oxygens (including phenoxy) is 1. The summed E-state index contributed by atoms with van der Waals surface area (Å²) >= 11 is 0. The Morgan fingerprint density at radius 1 is 1.50 bits per heavy atom. The number of benzene rings is 1. The number of nitrogens with one attached hydrogen (secondary N) is 2. The van der Waals surface area contributed by atoms with E-state index in [1.54, 1.807) is 14.0 Å². The van der Waals surface area contributed by atoms with Gasteiger partial charge >= 0.3 is 0 Å². The molecular formula is C16H24N2O2. The average molecular weight is 276 g/mol. The Morgan fingerprint density at radius 3 is 3.00 bits per heavy atom. The van der Waals surface area contributed by atoms with Crippen LogP contribution in [0.5, 0.6) is 5.75 Å². The first-order valence-electron chi connectivity index (χ1n) is 7.40. The van der Waals surface area contributed by atoms with Gasteiger partial charge in [0.1, 0.15) is 5.75 Å². The lowest BCUT2D eigenvalue weighted by Crippen LogP contribution is -2.34. The Balaban J connectivity index is 2.23. The van der Waals surface area contributed by atoms with E-state index in [1.165, 1.54) is 11.1 Å². The summed E-state index contributed by atoms with van der Waals surface area (Å²) in [5.74, 6) is 0.753. The van der Waals surface area contributed by atoms with Gasteiger partial charge in [0, 0.05) is 13.1 Å². The molecule has 4 nitrogen and oxygen atoms in total. The molecule has 0 radical (unpaired) electrons. The summed E-state index contributed by atoms with van der Waals surface area (Å²) in [4.78, 5) is 11.6. The van der Waals surface area contributed by atoms with Crippen molar-refractivity contribution in [3.05, 3.63) is 29.3 Å². The van der Waals surface area contributed by atoms with Gasteiger partial charge in [0.15, 0.2) is 6.10 Å². The first-order valence-corrected chi connectivity index (χ1v) is 7.40. The van der Waals surface area contributed by atoms with Gasteiger partial charge in [-0.15, -0.1) is 0 Å². The lowest BCUT2D eigenvalue weighted by molar-refractivity contribution is -0.126. The Hall–Kier alpha value is -1.55. The SMILES string of the molecule is CCNC1CCCc2c(OC(C)C(=O)NC)cccc21. The predicted octanol–water partition coefficient (Wildman–Crippen LogP) is 2.19. The molecule has 1 amide bonds. The molecule has 0 fully saturated rings. The fourth-order valence-electron chi connectivity index (χ4n) is 2.83. The van der Waals surface area contributed by atoms with Crippen molar-refractivity contribution in [1.29, 1.82) is 0 Å². The second-order valence-corrected chi connectivity index (χ2v) is 5.20. The largest absolute Gasteiger partial charge is 0.481 e. The Bertz CT molecular complexity index is 474. The summed E-state index contributed by atoms with van der Waals surface area (Å²) in [6, 6.07) is 6.55. The smallest absolute Gasteiger partial charge is 0.260 e. The normalized spacial score (nSPS) is 19.1. The van der Waals surface area contributed by atoms with Gasteiger partial charge in [-0.3, -0.25) is 4.79 Å². The molecule has 0 saturated heterocycles. The summed E-state index contributed by atoms with van der Waals surface area (Å²) in [5, 5.41) is 6.14. The van der Waals surface area contributed by atoms with E-state index in [2.05, 4.69) is 23.6 Å². The summed E-state index contributed by atoms with van der Waals surface area (Å²) in [6.07, 6.45) is 2.87. The molecule has 1 aromatic rings. The topological polar surface area (TPSA) is 50.4 Å². The minimum Gasteiger partial charge on any atom is -0.481 e. The van der Waals surface area contributed by atoms with E-state index in [4.69, 9.17) is 4.74 Å². The third-order valence-electron chi connectivity index (χ3n) is 3.83. The standard InChI is InChI=1S/C16H24N2O2/c1-4-18-14-9-5-8-13-12(14)7-6-10-15(13)20-11(2)16(19)17-3/h6-7,10-11,14,18H,4-5,8-9H2,1-3H3,(H,17,19). The predicted molar refractivity (Wildman–Crippen MR) is 80.0 cm³/mol. The lowest BCUT2D eigenvalue weighted by atomic mass is 9.87. The molecule has 0 spiro atoms. The molecule has 0 bridgehead atoms. The fourth-order valence-corrected chi connectivity index (χ4v) is 2.83. The summed E-state index contributed by atoms with van der Waals surface area (Å²) in [7, 11) is 1.63. The molecule has 0 heterocycles. The van der Waals surface area contributed by atoms with Crippen molar-refractivity contribution in [3.63, 3.8) is 0 Å². The zero-order chi connectivity index (χ0) is 14.5. The van der Waals surface area contributed by atoms with Crippen LogP contribution in [-0.2, 0) is 11.2 Å². The summed E-state index contributed by atoms with van der Waals surface area (Å²) in [6.45, 7) is 4.87. The van der Waals surface area contributed by atoms with Crippen molar-refractivity contribution in [2.24, 2.45) is 0 Å². The molecule has 1 aliphatic carbocycles. The maximum Gasteiger partial charge on any atom is 0.260 e. The number of carbonyl (C=O) groups is 1. The molecule has 2 N–H and O–H groups in total. The molecule has 2 atom stereocenters. The maximum atomic E-state index is 11.6. The monoisotopic (exact) mass is 276 g/mol. The number of fused-ring (bicyclic) bond motifs is 1. The molecule has 0 aliphatic heterocycles. The third-order valence-corrected chi connectivity index (χ3v) is 3.83. The molecule has 2 rings (SSSR count). The van der Waals surface area contributed by atoms with Crippen LogP contribution in [-0.4, -0.2) is 25.6 Å². The molecule has 1 aliphatic rings. The molecule has 0 saturated carbocycles. The van der Waals surface area contributed by atoms with E-state index in [-0.39, 0.29) is 5.91 Å². The molecule has 20 heavy (non-hydrogen) atoms. The summed E-state index contributed by atoms with van der Waals surface area (Å²) < 4.78 is 5.85. The van der Waals surface area contributed by atoms with Gasteiger partial charge in [0.25, 0.3) is 5.91 Å². The van der Waals surface area contributed by atoms with Gasteiger partial charge in [-0.25, -0.2) is 0 Å². The van der Waals surface area contributed by atoms with Crippen LogP contribution in [0.25, 0.3) is 0 Å². The average Bonchev–Trinajstić information content (AvgIpc) is 2.47. The zero-order valence-corrected chi connectivity index (χ0v) is 12.5. The number of carbonyl (C=O) groups excluding carboxylic acids is 1. The number of hydrogen-bond acceptors (Lipinski definition) is 3. The molecule has 2 unspecified atom stereocenters.